The van der Waals surface area contributed by atoms with Crippen LogP contribution in [0.1, 0.15) is 4.88 Å². The van der Waals surface area contributed by atoms with E-state index in [9.17, 15) is 18.5 Å². The zero-order valence-corrected chi connectivity index (χ0v) is 12.3. The van der Waals surface area contributed by atoms with Crippen molar-refractivity contribution in [2.75, 3.05) is 0 Å². The van der Waals surface area contributed by atoms with Gasteiger partial charge in [0.05, 0.1) is 4.92 Å². The molecule has 0 saturated heterocycles. The molecular weight excluding hydrogens is 324 g/mol. The van der Waals surface area contributed by atoms with Gasteiger partial charge in [0.15, 0.2) is 4.90 Å². The summed E-state index contributed by atoms with van der Waals surface area (Å²) in [5.74, 6) is 0. The molecule has 0 bridgehead atoms. The van der Waals surface area contributed by atoms with Crippen molar-refractivity contribution in [1.82, 2.24) is 4.72 Å². The number of nitro benzene ring substituents is 1. The zero-order chi connectivity index (χ0) is 14.8. The van der Waals surface area contributed by atoms with Gasteiger partial charge in [-0.25, -0.2) is 13.1 Å². The summed E-state index contributed by atoms with van der Waals surface area (Å²) in [5, 5.41) is 12.8. The van der Waals surface area contributed by atoms with Gasteiger partial charge in [-0.2, -0.15) is 0 Å². The Bertz CT molecular complexity index is 729. The predicted molar refractivity (Wildman–Crippen MR) is 76.5 cm³/mol. The molecule has 0 aliphatic carbocycles. The number of benzene rings is 1. The molecule has 1 aromatic carbocycles. The molecule has 106 valence electrons. The molecule has 0 spiro atoms. The van der Waals surface area contributed by atoms with E-state index >= 15 is 0 Å². The minimum absolute atomic E-state index is 0.0831. The lowest BCUT2D eigenvalue weighted by atomic mass is 10.3. The molecule has 1 heterocycles. The summed E-state index contributed by atoms with van der Waals surface area (Å²) in [6.07, 6.45) is 0. The van der Waals surface area contributed by atoms with Gasteiger partial charge in [-0.05, 0) is 23.6 Å². The highest BCUT2D eigenvalue weighted by molar-refractivity contribution is 7.89. The second kappa shape index (κ2) is 5.88. The van der Waals surface area contributed by atoms with Crippen molar-refractivity contribution in [3.05, 3.63) is 55.7 Å². The van der Waals surface area contributed by atoms with Gasteiger partial charge in [0.1, 0.15) is 0 Å². The standard InChI is InChI=1S/C11H9ClN2O4S2/c12-8-3-4-11(10(6-8)14(15)16)20(17,18)13-7-9-2-1-5-19-9/h1-6,13H,7H2. The van der Waals surface area contributed by atoms with Crippen molar-refractivity contribution in [3.63, 3.8) is 0 Å². The fourth-order valence-corrected chi connectivity index (χ4v) is 3.58. The maximum Gasteiger partial charge on any atom is 0.290 e. The van der Waals surface area contributed by atoms with Crippen molar-refractivity contribution < 1.29 is 13.3 Å². The summed E-state index contributed by atoms with van der Waals surface area (Å²) in [5.41, 5.74) is -0.545. The molecule has 1 N–H and O–H groups in total. The van der Waals surface area contributed by atoms with E-state index in [1.807, 2.05) is 5.38 Å². The molecule has 2 aromatic rings. The number of hydrogen-bond acceptors (Lipinski definition) is 5. The molecular formula is C11H9ClN2O4S2. The van der Waals surface area contributed by atoms with Crippen molar-refractivity contribution >= 4 is 38.6 Å². The Kier molecular flexibility index (Phi) is 4.39. The average Bonchev–Trinajstić information content (AvgIpc) is 2.89. The fraction of sp³-hybridized carbons (Fsp3) is 0.0909. The third kappa shape index (κ3) is 3.34. The lowest BCUT2D eigenvalue weighted by Crippen LogP contribution is -2.23. The van der Waals surface area contributed by atoms with Crippen LogP contribution in [-0.2, 0) is 16.6 Å². The van der Waals surface area contributed by atoms with Crippen LogP contribution in [0, 0.1) is 10.1 Å². The summed E-state index contributed by atoms with van der Waals surface area (Å²) >= 11 is 7.04. The Morgan fingerprint density at radius 3 is 2.70 bits per heavy atom. The Labute approximate surface area is 124 Å². The summed E-state index contributed by atoms with van der Waals surface area (Å²) < 4.78 is 26.5. The van der Waals surface area contributed by atoms with Gasteiger partial charge >= 0.3 is 0 Å². The monoisotopic (exact) mass is 332 g/mol. The topological polar surface area (TPSA) is 89.3 Å². The van der Waals surface area contributed by atoms with Gasteiger partial charge in [0.25, 0.3) is 5.69 Å². The lowest BCUT2D eigenvalue weighted by molar-refractivity contribution is -0.387. The molecule has 2 rings (SSSR count). The summed E-state index contributed by atoms with van der Waals surface area (Å²) in [4.78, 5) is 10.5. The van der Waals surface area contributed by atoms with Crippen LogP contribution in [-0.4, -0.2) is 13.3 Å². The van der Waals surface area contributed by atoms with Gasteiger partial charge < -0.3 is 0 Å². The number of nitrogens with zero attached hydrogens (tertiary/aromatic N) is 1. The first-order valence-electron chi connectivity index (χ1n) is 5.36. The highest BCUT2D eigenvalue weighted by Crippen LogP contribution is 2.27. The molecule has 6 nitrogen and oxygen atoms in total. The molecule has 0 aliphatic rings. The first kappa shape index (κ1) is 14.9. The molecule has 9 heteroatoms. The van der Waals surface area contributed by atoms with Crippen LogP contribution in [0.5, 0.6) is 0 Å². The number of halogens is 1. The van der Waals surface area contributed by atoms with Crippen LogP contribution >= 0.6 is 22.9 Å². The summed E-state index contributed by atoms with van der Waals surface area (Å²) in [6.45, 7) is 0.0831. The van der Waals surface area contributed by atoms with E-state index in [-0.39, 0.29) is 11.6 Å². The number of nitrogens with one attached hydrogen (secondary N) is 1. The van der Waals surface area contributed by atoms with E-state index in [0.717, 1.165) is 17.0 Å². The number of thiophene rings is 1. The van der Waals surface area contributed by atoms with E-state index in [0.29, 0.717) is 0 Å². The maximum absolute atomic E-state index is 12.1. The van der Waals surface area contributed by atoms with Gasteiger partial charge in [-0.15, -0.1) is 11.3 Å². The van der Waals surface area contributed by atoms with Crippen molar-refractivity contribution in [1.29, 1.82) is 0 Å². The second-order valence-electron chi connectivity index (χ2n) is 3.77. The van der Waals surface area contributed by atoms with E-state index < -0.39 is 25.5 Å². The minimum Gasteiger partial charge on any atom is -0.258 e. The highest BCUT2D eigenvalue weighted by Gasteiger charge is 2.25. The largest absolute Gasteiger partial charge is 0.290 e. The van der Waals surface area contributed by atoms with Crippen molar-refractivity contribution in [3.8, 4) is 0 Å². The smallest absolute Gasteiger partial charge is 0.258 e. The van der Waals surface area contributed by atoms with E-state index in [1.165, 1.54) is 17.4 Å². The van der Waals surface area contributed by atoms with Crippen molar-refractivity contribution in [2.45, 2.75) is 11.4 Å². The van der Waals surface area contributed by atoms with Gasteiger partial charge in [-0.1, -0.05) is 17.7 Å². The number of hydrogen-bond donors (Lipinski definition) is 1. The van der Waals surface area contributed by atoms with E-state index in [2.05, 4.69) is 4.72 Å². The highest BCUT2D eigenvalue weighted by atomic mass is 35.5. The van der Waals surface area contributed by atoms with Crippen LogP contribution in [0.3, 0.4) is 0 Å². The van der Waals surface area contributed by atoms with Crippen LogP contribution in [0.4, 0.5) is 5.69 Å². The Balaban J connectivity index is 2.31. The first-order chi connectivity index (χ1) is 9.40. The Morgan fingerprint density at radius 2 is 2.10 bits per heavy atom. The van der Waals surface area contributed by atoms with E-state index in [4.69, 9.17) is 11.6 Å². The normalized spacial score (nSPS) is 11.4. The quantitative estimate of drug-likeness (QED) is 0.673. The zero-order valence-electron chi connectivity index (χ0n) is 9.95. The van der Waals surface area contributed by atoms with Gasteiger partial charge in [-0.3, -0.25) is 10.1 Å². The van der Waals surface area contributed by atoms with E-state index in [1.54, 1.807) is 12.1 Å². The Morgan fingerprint density at radius 1 is 1.35 bits per heavy atom. The number of rotatable bonds is 5. The lowest BCUT2D eigenvalue weighted by Gasteiger charge is -2.06. The Hall–Kier alpha value is -1.48. The molecule has 0 aliphatic heterocycles. The number of sulfonamides is 1. The molecule has 0 amide bonds. The predicted octanol–water partition coefficient (Wildman–Crippen LogP) is 2.79. The van der Waals surface area contributed by atoms with Crippen molar-refractivity contribution in [2.24, 2.45) is 0 Å². The first-order valence-corrected chi connectivity index (χ1v) is 8.10. The third-order valence-corrected chi connectivity index (χ3v) is 4.98. The molecule has 20 heavy (non-hydrogen) atoms. The fourth-order valence-electron chi connectivity index (χ4n) is 1.52. The molecule has 0 unspecified atom stereocenters. The molecule has 1 aromatic heterocycles. The van der Waals surface area contributed by atoms with Crippen LogP contribution in [0.25, 0.3) is 0 Å². The second-order valence-corrected chi connectivity index (χ2v) is 6.98. The summed E-state index contributed by atoms with van der Waals surface area (Å²) in [7, 11) is -3.97. The van der Waals surface area contributed by atoms with Crippen LogP contribution < -0.4 is 4.72 Å². The molecule has 0 fully saturated rings. The third-order valence-electron chi connectivity index (χ3n) is 2.42. The summed E-state index contributed by atoms with van der Waals surface area (Å²) in [6, 6.07) is 7.00. The van der Waals surface area contributed by atoms with Crippen LogP contribution in [0.15, 0.2) is 40.6 Å². The van der Waals surface area contributed by atoms with Gasteiger partial charge in [0, 0.05) is 22.5 Å². The molecule has 0 saturated carbocycles. The SMILES string of the molecule is O=[N+]([O-])c1cc(Cl)ccc1S(=O)(=O)NCc1cccs1. The van der Waals surface area contributed by atoms with Gasteiger partial charge in [0.2, 0.25) is 10.0 Å². The van der Waals surface area contributed by atoms with Crippen LogP contribution in [0.2, 0.25) is 5.02 Å². The molecule has 0 radical (unpaired) electrons. The minimum atomic E-state index is -3.97. The maximum atomic E-state index is 12.1. The number of nitro groups is 1. The molecule has 0 atom stereocenters. The average molecular weight is 333 g/mol.